The lowest BCUT2D eigenvalue weighted by atomic mass is 10.0. The molecule has 0 bridgehead atoms. The first-order chi connectivity index (χ1) is 16.7. The van der Waals surface area contributed by atoms with E-state index in [-0.39, 0.29) is 16.8 Å². The molecule has 4 rings (SSSR count). The number of amides is 1. The fraction of sp³-hybridized carbons (Fsp3) is 0.125. The van der Waals surface area contributed by atoms with Gasteiger partial charge in [-0.1, -0.05) is 53.5 Å². The van der Waals surface area contributed by atoms with Crippen molar-refractivity contribution < 1.29 is 13.2 Å². The smallest absolute Gasteiger partial charge is 0.263 e. The number of halogens is 2. The molecular formula is C24H21Cl2N5O3S. The Bertz CT molecular complexity index is 1380. The first-order valence-corrected chi connectivity index (χ1v) is 12.8. The highest BCUT2D eigenvalue weighted by Gasteiger charge is 2.33. The predicted molar refractivity (Wildman–Crippen MR) is 138 cm³/mol. The number of rotatable bonds is 7. The molecule has 0 saturated heterocycles. The van der Waals surface area contributed by atoms with Crippen LogP contribution in [-0.2, 0) is 14.8 Å². The average molecular weight is 530 g/mol. The van der Waals surface area contributed by atoms with Crippen LogP contribution in [0.2, 0.25) is 10.0 Å². The third-order valence-electron chi connectivity index (χ3n) is 5.21. The normalized spacial score (nSPS) is 16.2. The minimum Gasteiger partial charge on any atom is -0.368 e. The van der Waals surface area contributed by atoms with Crippen molar-refractivity contribution >= 4 is 56.4 Å². The standard InChI is InChI=1S/C24H21Cl2N5O3S/c25-17-6-10-19(11-7-17)31-22(16-4-2-1-3-5-16)14-21(29-31)24(28-15-23(27)32)30-35(33,34)20-12-8-18(26)9-13-20/h1-13,22H,14-15H2,(H2,27,32)(H,28,30). The monoisotopic (exact) mass is 529 g/mol. The van der Waals surface area contributed by atoms with E-state index in [1.807, 2.05) is 42.5 Å². The van der Waals surface area contributed by atoms with Gasteiger partial charge >= 0.3 is 0 Å². The van der Waals surface area contributed by atoms with Gasteiger partial charge in [0.25, 0.3) is 10.0 Å². The third-order valence-corrected chi connectivity index (χ3v) is 7.07. The summed E-state index contributed by atoms with van der Waals surface area (Å²) in [5, 5.41) is 7.44. The second-order valence-electron chi connectivity index (χ2n) is 7.69. The molecule has 1 heterocycles. The molecule has 0 aromatic heterocycles. The van der Waals surface area contributed by atoms with Crippen molar-refractivity contribution in [3.8, 4) is 0 Å². The first-order valence-electron chi connectivity index (χ1n) is 10.5. The first kappa shape index (κ1) is 24.7. The highest BCUT2D eigenvalue weighted by Crippen LogP contribution is 2.36. The van der Waals surface area contributed by atoms with Crippen LogP contribution in [0.3, 0.4) is 0 Å². The van der Waals surface area contributed by atoms with Gasteiger partial charge in [0.15, 0.2) is 5.84 Å². The number of hydrogen-bond donors (Lipinski definition) is 2. The van der Waals surface area contributed by atoms with Crippen LogP contribution in [0.1, 0.15) is 18.0 Å². The van der Waals surface area contributed by atoms with Crippen LogP contribution < -0.4 is 15.5 Å². The van der Waals surface area contributed by atoms with E-state index in [1.54, 1.807) is 17.1 Å². The fourth-order valence-electron chi connectivity index (χ4n) is 3.56. The van der Waals surface area contributed by atoms with Crippen molar-refractivity contribution in [3.05, 3.63) is 94.5 Å². The summed E-state index contributed by atoms with van der Waals surface area (Å²) >= 11 is 12.0. The van der Waals surface area contributed by atoms with Crippen LogP contribution in [-0.4, -0.2) is 32.4 Å². The summed E-state index contributed by atoms with van der Waals surface area (Å²) < 4.78 is 28.6. The van der Waals surface area contributed by atoms with Gasteiger partial charge in [0.2, 0.25) is 5.91 Å². The Morgan fingerprint density at radius 2 is 1.60 bits per heavy atom. The molecule has 0 fully saturated rings. The summed E-state index contributed by atoms with van der Waals surface area (Å²) in [6, 6.07) is 22.2. The SMILES string of the molecule is NC(=O)CN=C(NS(=O)(=O)c1ccc(Cl)cc1)C1=NN(c2ccc(Cl)cc2)C(c2ccccc2)C1. The summed E-state index contributed by atoms with van der Waals surface area (Å²) in [7, 11) is -4.04. The number of primary amides is 1. The fourth-order valence-corrected chi connectivity index (χ4v) is 4.86. The molecule has 0 aliphatic carbocycles. The maximum Gasteiger partial charge on any atom is 0.263 e. The lowest BCUT2D eigenvalue weighted by molar-refractivity contribution is -0.116. The van der Waals surface area contributed by atoms with E-state index in [2.05, 4.69) is 9.71 Å². The molecule has 0 saturated carbocycles. The molecule has 0 spiro atoms. The zero-order valence-corrected chi connectivity index (χ0v) is 20.6. The number of carbonyl (C=O) groups excluding carboxylic acids is 1. The molecule has 35 heavy (non-hydrogen) atoms. The van der Waals surface area contributed by atoms with E-state index in [0.717, 1.165) is 11.3 Å². The van der Waals surface area contributed by atoms with Gasteiger partial charge in [-0.25, -0.2) is 8.42 Å². The maximum absolute atomic E-state index is 13.1. The van der Waals surface area contributed by atoms with Crippen molar-refractivity contribution in [3.63, 3.8) is 0 Å². The number of nitrogens with zero attached hydrogens (tertiary/aromatic N) is 3. The van der Waals surface area contributed by atoms with Crippen LogP contribution in [0.5, 0.6) is 0 Å². The summed E-state index contributed by atoms with van der Waals surface area (Å²) in [4.78, 5) is 15.6. The summed E-state index contributed by atoms with van der Waals surface area (Å²) in [5.41, 5.74) is 7.36. The van der Waals surface area contributed by atoms with Gasteiger partial charge in [0, 0.05) is 16.5 Å². The molecule has 3 N–H and O–H groups in total. The number of sulfonamides is 1. The van der Waals surface area contributed by atoms with Gasteiger partial charge in [-0.3, -0.25) is 19.5 Å². The number of benzene rings is 3. The van der Waals surface area contributed by atoms with Gasteiger partial charge in [0.05, 0.1) is 16.6 Å². The summed E-state index contributed by atoms with van der Waals surface area (Å²) in [5.74, 6) is -0.767. The van der Waals surface area contributed by atoms with Gasteiger partial charge in [0.1, 0.15) is 12.3 Å². The molecule has 11 heteroatoms. The second kappa shape index (κ2) is 10.5. The Labute approximate surface area is 213 Å². The lowest BCUT2D eigenvalue weighted by Gasteiger charge is -2.24. The largest absolute Gasteiger partial charge is 0.368 e. The van der Waals surface area contributed by atoms with Crippen LogP contribution in [0.25, 0.3) is 0 Å². The average Bonchev–Trinajstić information content (AvgIpc) is 3.28. The summed E-state index contributed by atoms with van der Waals surface area (Å²) in [6.07, 6.45) is 0.327. The van der Waals surface area contributed by atoms with E-state index < -0.39 is 22.5 Å². The molecule has 1 aliphatic rings. The lowest BCUT2D eigenvalue weighted by Crippen LogP contribution is -2.37. The van der Waals surface area contributed by atoms with E-state index >= 15 is 0 Å². The predicted octanol–water partition coefficient (Wildman–Crippen LogP) is 4.16. The third kappa shape index (κ3) is 6.00. The number of hydrogen-bond acceptors (Lipinski definition) is 6. The molecule has 3 aromatic rings. The van der Waals surface area contributed by atoms with E-state index in [0.29, 0.717) is 22.2 Å². The van der Waals surface area contributed by atoms with Crippen molar-refractivity contribution in [2.45, 2.75) is 17.4 Å². The number of anilines is 1. The molecule has 0 radical (unpaired) electrons. The van der Waals surface area contributed by atoms with Gasteiger partial charge in [-0.2, -0.15) is 5.10 Å². The number of carbonyl (C=O) groups is 1. The Balaban J connectivity index is 1.73. The topological polar surface area (TPSA) is 117 Å². The number of amidine groups is 1. The van der Waals surface area contributed by atoms with Gasteiger partial charge in [-0.05, 0) is 54.1 Å². The number of nitrogens with two attached hydrogens (primary N) is 1. The van der Waals surface area contributed by atoms with E-state index in [1.165, 1.54) is 24.3 Å². The highest BCUT2D eigenvalue weighted by atomic mass is 35.5. The van der Waals surface area contributed by atoms with E-state index in [9.17, 15) is 13.2 Å². The Kier molecular flexibility index (Phi) is 7.39. The van der Waals surface area contributed by atoms with Crippen molar-refractivity contribution in [1.82, 2.24) is 4.72 Å². The molecule has 3 aromatic carbocycles. The molecular weight excluding hydrogens is 509 g/mol. The Hall–Kier alpha value is -3.40. The number of nitrogens with one attached hydrogen (secondary N) is 1. The minimum atomic E-state index is -4.04. The molecule has 1 aliphatic heterocycles. The van der Waals surface area contributed by atoms with Gasteiger partial charge in [-0.15, -0.1) is 0 Å². The maximum atomic E-state index is 13.1. The zero-order chi connectivity index (χ0) is 25.0. The number of aliphatic imine (C=N–C) groups is 1. The quantitative estimate of drug-likeness (QED) is 0.352. The Morgan fingerprint density at radius 1 is 1.00 bits per heavy atom. The molecule has 1 unspecified atom stereocenters. The van der Waals surface area contributed by atoms with Gasteiger partial charge < -0.3 is 5.73 Å². The molecule has 1 amide bonds. The number of hydrazone groups is 1. The van der Waals surface area contributed by atoms with Crippen molar-refractivity contribution in [2.24, 2.45) is 15.8 Å². The second-order valence-corrected chi connectivity index (χ2v) is 10.2. The minimum absolute atomic E-state index is 0.0126. The van der Waals surface area contributed by atoms with Crippen LogP contribution in [0.4, 0.5) is 5.69 Å². The van der Waals surface area contributed by atoms with Crippen molar-refractivity contribution in [2.75, 3.05) is 11.6 Å². The summed E-state index contributed by atoms with van der Waals surface area (Å²) in [6.45, 7) is -0.408. The van der Waals surface area contributed by atoms with Crippen LogP contribution in [0.15, 0.2) is 93.9 Å². The molecule has 180 valence electrons. The molecule has 1 atom stereocenters. The van der Waals surface area contributed by atoms with Crippen LogP contribution in [0, 0.1) is 0 Å². The highest BCUT2D eigenvalue weighted by molar-refractivity contribution is 7.90. The van der Waals surface area contributed by atoms with E-state index in [4.69, 9.17) is 34.0 Å². The van der Waals surface area contributed by atoms with Crippen molar-refractivity contribution in [1.29, 1.82) is 0 Å². The van der Waals surface area contributed by atoms with Crippen LogP contribution >= 0.6 is 23.2 Å². The zero-order valence-electron chi connectivity index (χ0n) is 18.3. The Morgan fingerprint density at radius 3 is 2.20 bits per heavy atom. The molecule has 8 nitrogen and oxygen atoms in total.